The number of hydrogen-bond acceptors (Lipinski definition) is 14. The highest BCUT2D eigenvalue weighted by Gasteiger charge is 2.59. The summed E-state index contributed by atoms with van der Waals surface area (Å²) in [5, 5.41) is 0. The lowest BCUT2D eigenvalue weighted by molar-refractivity contribution is -0.338. The van der Waals surface area contributed by atoms with Gasteiger partial charge in [-0.15, -0.1) is 0 Å². The molecule has 14 heteroatoms. The minimum atomic E-state index is -1.71. The lowest BCUT2D eigenvalue weighted by Crippen LogP contribution is -2.63. The first-order valence-corrected chi connectivity index (χ1v) is 26.7. The second-order valence-electron chi connectivity index (χ2n) is 21.1. The fourth-order valence-electron chi connectivity index (χ4n) is 10.7. The van der Waals surface area contributed by atoms with E-state index in [1.54, 1.807) is 7.11 Å². The molecule has 0 N–H and O–H groups in total. The number of fused-ring (bicyclic) bond motifs is 6. The van der Waals surface area contributed by atoms with Crippen LogP contribution in [0.2, 0.25) is 0 Å². The molecule has 11 atom stereocenters. The number of benzene rings is 2. The van der Waals surface area contributed by atoms with Gasteiger partial charge in [-0.25, -0.2) is 4.79 Å². The van der Waals surface area contributed by atoms with Crippen LogP contribution < -0.4 is 4.74 Å². The topological polar surface area (TPSA) is 153 Å². The number of carbonyl (C=O) groups is 3. The Morgan fingerprint density at radius 2 is 1.55 bits per heavy atom. The maximum atomic E-state index is 14.6. The Kier molecular flexibility index (Phi) is 22.6. The van der Waals surface area contributed by atoms with Gasteiger partial charge < -0.3 is 52.1 Å². The van der Waals surface area contributed by atoms with Crippen molar-refractivity contribution >= 4 is 17.9 Å². The molecule has 2 aromatic carbocycles. The van der Waals surface area contributed by atoms with Gasteiger partial charge in [-0.3, -0.25) is 9.59 Å². The summed E-state index contributed by atoms with van der Waals surface area (Å²) in [6, 6.07) is 17.4. The smallest absolute Gasteiger partial charge is 0.330 e. The van der Waals surface area contributed by atoms with E-state index in [-0.39, 0.29) is 63.5 Å². The van der Waals surface area contributed by atoms with Crippen molar-refractivity contribution in [2.45, 2.75) is 205 Å². The Bertz CT molecular complexity index is 2100. The van der Waals surface area contributed by atoms with Crippen LogP contribution in [0.4, 0.5) is 0 Å². The number of cyclic esters (lactones) is 1. The van der Waals surface area contributed by atoms with Crippen molar-refractivity contribution in [3.8, 4) is 5.75 Å². The number of ether oxygens (including phenoxy) is 11. The Hall–Kier alpha value is -4.41. The molecule has 14 nitrogen and oxygen atoms in total. The first-order chi connectivity index (χ1) is 35.1. The van der Waals surface area contributed by atoms with Crippen LogP contribution in [0.15, 0.2) is 90.6 Å². The van der Waals surface area contributed by atoms with E-state index >= 15 is 0 Å². The van der Waals surface area contributed by atoms with Gasteiger partial charge in [-0.05, 0) is 80.2 Å². The molecule has 73 heavy (non-hydrogen) atoms. The highest BCUT2D eigenvalue weighted by atomic mass is 16.7. The number of methoxy groups -OCH3 is 3. The molecule has 0 saturated carbocycles. The zero-order valence-corrected chi connectivity index (χ0v) is 44.9. The highest BCUT2D eigenvalue weighted by molar-refractivity contribution is 5.83. The minimum absolute atomic E-state index is 0.0641. The van der Waals surface area contributed by atoms with Crippen molar-refractivity contribution in [3.05, 3.63) is 102 Å². The molecule has 4 heterocycles. The summed E-state index contributed by atoms with van der Waals surface area (Å²) in [5.74, 6) is -2.17. The number of hydrogen-bond donors (Lipinski definition) is 0. The summed E-state index contributed by atoms with van der Waals surface area (Å²) in [4.78, 5) is 41.8. The summed E-state index contributed by atoms with van der Waals surface area (Å²) in [7, 11) is 4.45. The maximum absolute atomic E-state index is 14.6. The molecule has 4 aliphatic heterocycles. The summed E-state index contributed by atoms with van der Waals surface area (Å²) < 4.78 is 69.9. The van der Waals surface area contributed by atoms with Gasteiger partial charge in [0.2, 0.25) is 5.79 Å². The molecule has 3 fully saturated rings. The van der Waals surface area contributed by atoms with Crippen molar-refractivity contribution < 1.29 is 66.5 Å². The first-order valence-electron chi connectivity index (χ1n) is 26.7. The van der Waals surface area contributed by atoms with Crippen molar-refractivity contribution in [1.29, 1.82) is 0 Å². The van der Waals surface area contributed by atoms with E-state index in [0.29, 0.717) is 50.2 Å². The Balaban J connectivity index is 1.38. The lowest BCUT2D eigenvalue weighted by atomic mass is 9.73. The number of esters is 3. The summed E-state index contributed by atoms with van der Waals surface area (Å²) >= 11 is 0. The predicted octanol–water partition coefficient (Wildman–Crippen LogP) is 11.0. The molecule has 3 saturated heterocycles. The third-order valence-electron chi connectivity index (χ3n) is 14.7. The van der Waals surface area contributed by atoms with Gasteiger partial charge in [0.1, 0.15) is 18.6 Å². The quantitative estimate of drug-likeness (QED) is 0.0327. The van der Waals surface area contributed by atoms with Gasteiger partial charge in [0, 0.05) is 44.3 Å². The van der Waals surface area contributed by atoms with Gasteiger partial charge in [-0.1, -0.05) is 120 Å². The van der Waals surface area contributed by atoms with Gasteiger partial charge in [0.15, 0.2) is 6.10 Å². The van der Waals surface area contributed by atoms with Gasteiger partial charge in [-0.2, -0.15) is 0 Å². The molecular weight excluding hydrogens is 933 g/mol. The van der Waals surface area contributed by atoms with E-state index in [9.17, 15) is 14.4 Å². The molecule has 0 aliphatic carbocycles. The predicted molar refractivity (Wildman–Crippen MR) is 276 cm³/mol. The van der Waals surface area contributed by atoms with Crippen LogP contribution in [0.5, 0.6) is 5.75 Å². The Morgan fingerprint density at radius 3 is 2.26 bits per heavy atom. The average Bonchev–Trinajstić information content (AvgIpc) is 3.36. The van der Waals surface area contributed by atoms with Crippen LogP contribution in [0.25, 0.3) is 0 Å². The van der Waals surface area contributed by atoms with Crippen LogP contribution in [0, 0.1) is 11.3 Å². The number of unbranched alkanes of at least 4 members (excludes halogenated alkanes) is 4. The van der Waals surface area contributed by atoms with Crippen LogP contribution >= 0.6 is 0 Å². The second-order valence-corrected chi connectivity index (χ2v) is 21.1. The minimum Gasteiger partial charge on any atom is -0.497 e. The largest absolute Gasteiger partial charge is 0.497 e. The summed E-state index contributed by atoms with van der Waals surface area (Å²) in [5.41, 5.74) is 2.37. The molecule has 0 unspecified atom stereocenters. The Labute approximate surface area is 434 Å². The van der Waals surface area contributed by atoms with Crippen LogP contribution in [0.1, 0.15) is 142 Å². The molecule has 6 rings (SSSR count). The third-order valence-corrected chi connectivity index (χ3v) is 14.7. The third kappa shape index (κ3) is 17.3. The molecule has 6 bridgehead atoms. The van der Waals surface area contributed by atoms with Gasteiger partial charge >= 0.3 is 17.9 Å². The van der Waals surface area contributed by atoms with Crippen LogP contribution in [-0.4, -0.2) is 107 Å². The molecule has 0 aromatic heterocycles. The van der Waals surface area contributed by atoms with Crippen molar-refractivity contribution in [1.82, 2.24) is 0 Å². The lowest BCUT2D eigenvalue weighted by Gasteiger charge is -2.53. The number of carbonyl (C=O) groups excluding carboxylic acids is 3. The molecular formula is C59H84O14. The van der Waals surface area contributed by atoms with E-state index in [0.717, 1.165) is 61.0 Å². The molecule has 0 amide bonds. The van der Waals surface area contributed by atoms with E-state index in [4.69, 9.17) is 52.1 Å². The summed E-state index contributed by atoms with van der Waals surface area (Å²) in [6.45, 7) is 15.1. The number of rotatable bonds is 19. The first kappa shape index (κ1) is 57.9. The second kappa shape index (κ2) is 28.5. The molecule has 0 radical (unpaired) electrons. The zero-order chi connectivity index (χ0) is 52.4. The fraction of sp³-hybridized carbons (Fsp3) is 0.644. The Morgan fingerprint density at radius 1 is 0.822 bits per heavy atom. The SMILES string of the molecule is C=C1C[C@H]2C[C@H]3C[C@@H](C)C[C@@H](C[C@@H](OCc4ccc(OC)cc4)CC(=O)O[C@@H]([C@@H](C)OCOCc4ccccc4)C[C@@H]4C/C(=C\C(=O)OC)[C@H](OC(=O)CCCCCCC)[C@@](OC)(O4)C(C)(C)/C=C/[C@@H](C1)O2)O3. The average molecular weight is 1020 g/mol. The van der Waals surface area contributed by atoms with E-state index < -0.39 is 59.6 Å². The van der Waals surface area contributed by atoms with E-state index in [1.165, 1.54) is 20.3 Å². The van der Waals surface area contributed by atoms with Gasteiger partial charge in [0.25, 0.3) is 0 Å². The molecule has 4 aliphatic rings. The maximum Gasteiger partial charge on any atom is 0.330 e. The molecule has 2 aromatic rings. The standard InChI is InChI=1S/C59H84O14/c1-10-11-12-13-17-20-54(60)72-57-45(32-55(61)64-8)31-52-35-53(42(4)68-39-66-37-43-18-15-14-16-19-43)71-56(62)36-48(67-38-44-21-23-46(63-7)24-22-44)33-49-29-41(3)30-51(70-49)34-50-28-40(2)27-47(69-50)25-26-58(5,6)59(57,65-9)73-52/h14-16,18-19,21-26,32,41-42,47-53,57H,2,10-13,17,20,27-31,33-39H2,1,3-9H3/b26-25+,45-32+/t41-,42+,47-,48+,49-,50-,51+,52-,53+,57-,59+/m0/s1. The van der Waals surface area contributed by atoms with E-state index in [1.807, 2.05) is 87.5 Å². The molecule has 0 spiro atoms. The van der Waals surface area contributed by atoms with Crippen molar-refractivity contribution in [3.63, 3.8) is 0 Å². The van der Waals surface area contributed by atoms with Crippen LogP contribution in [0.3, 0.4) is 0 Å². The highest BCUT2D eigenvalue weighted by Crippen LogP contribution is 2.49. The van der Waals surface area contributed by atoms with E-state index in [2.05, 4.69) is 20.4 Å². The van der Waals surface area contributed by atoms with Gasteiger partial charge in [0.05, 0.1) is 76.6 Å². The monoisotopic (exact) mass is 1020 g/mol. The molecule has 404 valence electrons. The zero-order valence-electron chi connectivity index (χ0n) is 44.9. The van der Waals surface area contributed by atoms with Crippen LogP contribution in [-0.2, 0) is 75.0 Å². The van der Waals surface area contributed by atoms with Crippen molar-refractivity contribution in [2.24, 2.45) is 11.3 Å². The van der Waals surface area contributed by atoms with Crippen molar-refractivity contribution in [2.75, 3.05) is 28.1 Å². The summed E-state index contributed by atoms with van der Waals surface area (Å²) in [6.07, 6.45) is 9.76. The fourth-order valence-corrected chi connectivity index (χ4v) is 10.7. The normalized spacial score (nSPS) is 30.4.